The maximum atomic E-state index is 14.3. The number of nitrogens with one attached hydrogen (secondary N) is 1. The molecular weight excluding hydrogens is 585 g/mol. The molecule has 1 aliphatic rings. The van der Waals surface area contributed by atoms with Gasteiger partial charge in [0.2, 0.25) is 0 Å². The van der Waals surface area contributed by atoms with E-state index in [9.17, 15) is 14.7 Å². The van der Waals surface area contributed by atoms with Crippen LogP contribution in [0.2, 0.25) is 0 Å². The quantitative estimate of drug-likeness (QED) is 0.222. The second kappa shape index (κ2) is 14.6. The fraction of sp³-hybridized carbons (Fsp3) is 0.394. The van der Waals surface area contributed by atoms with Crippen LogP contribution in [-0.2, 0) is 17.6 Å². The van der Waals surface area contributed by atoms with Crippen LogP contribution in [0.25, 0.3) is 28.2 Å². The van der Waals surface area contributed by atoms with Gasteiger partial charge in [-0.05, 0) is 55.7 Å². The van der Waals surface area contributed by atoms with Gasteiger partial charge >= 0.3 is 57.1 Å². The van der Waals surface area contributed by atoms with E-state index >= 15 is 0 Å². The summed E-state index contributed by atoms with van der Waals surface area (Å²) in [5, 5.41) is 18.1. The molecule has 1 fully saturated rings. The Balaban J connectivity index is 0.00000384. The number of aromatic amines is 1. The third kappa shape index (κ3) is 6.94. The number of hydrogen-bond donors (Lipinski definition) is 2. The zero-order chi connectivity index (χ0) is 29.9. The number of aryl methyl sites for hydroxylation is 1. The van der Waals surface area contributed by atoms with Gasteiger partial charge < -0.3 is 9.84 Å². The number of nitrogens with zero attached hydrogens (tertiary/aromatic N) is 4. The Morgan fingerprint density at radius 1 is 1.05 bits per heavy atom. The molecule has 2 aromatic carbocycles. The van der Waals surface area contributed by atoms with E-state index in [2.05, 4.69) is 34.3 Å². The van der Waals surface area contributed by atoms with Crippen molar-refractivity contribution >= 4 is 57.0 Å². The summed E-state index contributed by atoms with van der Waals surface area (Å²) in [7, 11) is 0. The van der Waals surface area contributed by atoms with Crippen molar-refractivity contribution < 1.29 is 14.4 Å². The minimum atomic E-state index is -0.597. The molecule has 10 nitrogen and oxygen atoms in total. The SMILES string of the molecule is CCCc1c(Cc2ccc(-c3ccccc3-c3noc(=O)[nH]3)cc2)c(=O)n(C2CCC(OCC(C)O)CC2)c2ccnn12.[KH]. The number of aromatic nitrogens is 5. The number of H-pyrrole nitrogens is 1. The van der Waals surface area contributed by atoms with Gasteiger partial charge in [-0.3, -0.25) is 18.9 Å². The number of aliphatic hydroxyl groups is 1. The minimum absolute atomic E-state index is 0. The van der Waals surface area contributed by atoms with E-state index < -0.39 is 11.9 Å². The molecule has 0 saturated heterocycles. The number of fused-ring (bicyclic) bond motifs is 1. The van der Waals surface area contributed by atoms with Crippen molar-refractivity contribution in [1.29, 1.82) is 0 Å². The summed E-state index contributed by atoms with van der Waals surface area (Å²) in [6, 6.07) is 17.9. The van der Waals surface area contributed by atoms with Crippen LogP contribution in [0.4, 0.5) is 0 Å². The van der Waals surface area contributed by atoms with E-state index in [1.165, 1.54) is 0 Å². The first-order valence-corrected chi connectivity index (χ1v) is 15.1. The van der Waals surface area contributed by atoms with Gasteiger partial charge in [0.05, 0.1) is 30.7 Å². The van der Waals surface area contributed by atoms with Gasteiger partial charge in [0.25, 0.3) is 5.56 Å². The predicted molar refractivity (Wildman–Crippen MR) is 170 cm³/mol. The van der Waals surface area contributed by atoms with Crippen molar-refractivity contribution in [3.8, 4) is 22.5 Å². The van der Waals surface area contributed by atoms with Crippen molar-refractivity contribution in [2.45, 2.75) is 77.0 Å². The van der Waals surface area contributed by atoms with Crippen LogP contribution in [-0.4, -0.2) is 99.6 Å². The zero-order valence-electron chi connectivity index (χ0n) is 24.5. The van der Waals surface area contributed by atoms with Gasteiger partial charge in [-0.1, -0.05) is 67.0 Å². The van der Waals surface area contributed by atoms with E-state index in [1.54, 1.807) is 13.1 Å². The summed E-state index contributed by atoms with van der Waals surface area (Å²) >= 11 is 0. The molecule has 5 aromatic rings. The Hall–Kier alpha value is -2.64. The Kier molecular flexibility index (Phi) is 10.9. The Bertz CT molecular complexity index is 1810. The van der Waals surface area contributed by atoms with Crippen LogP contribution >= 0.6 is 0 Å². The monoisotopic (exact) mass is 623 g/mol. The molecule has 3 heterocycles. The summed E-state index contributed by atoms with van der Waals surface area (Å²) in [4.78, 5) is 28.5. The third-order valence-corrected chi connectivity index (χ3v) is 8.29. The number of hydrogen-bond acceptors (Lipinski definition) is 7. The third-order valence-electron chi connectivity index (χ3n) is 8.29. The molecule has 11 heteroatoms. The molecule has 1 unspecified atom stereocenters. The standard InChI is InChI=1S/C33H37N5O5.K.H/c1-3-6-29-28(19-22-9-11-23(12-10-22)26-7-4-5-8-27(26)31-35-33(41)43-36-31)32(40)37(30-17-18-34-38(29)30)24-13-15-25(16-14-24)42-20-21(2)39;;/h4-5,7-12,17-18,21,24-25,39H,3,6,13-16,19-20H2,1-2H3,(H,35,36,41);;. The first kappa shape index (κ1) is 32.7. The van der Waals surface area contributed by atoms with E-state index in [0.29, 0.717) is 18.9 Å². The normalized spacial score (nSPS) is 17.4. The van der Waals surface area contributed by atoms with Crippen LogP contribution in [0.5, 0.6) is 0 Å². The fourth-order valence-electron chi connectivity index (χ4n) is 6.25. The predicted octanol–water partition coefficient (Wildman–Crippen LogP) is 4.28. The number of aliphatic hydroxyl groups excluding tert-OH is 1. The second-order valence-electron chi connectivity index (χ2n) is 11.4. The Labute approximate surface area is 297 Å². The van der Waals surface area contributed by atoms with E-state index in [1.807, 2.05) is 51.5 Å². The Morgan fingerprint density at radius 3 is 2.43 bits per heavy atom. The first-order valence-electron chi connectivity index (χ1n) is 15.1. The molecule has 0 amide bonds. The molecule has 0 bridgehead atoms. The molecule has 1 saturated carbocycles. The fourth-order valence-corrected chi connectivity index (χ4v) is 6.25. The molecule has 1 atom stereocenters. The molecule has 226 valence electrons. The summed E-state index contributed by atoms with van der Waals surface area (Å²) in [5.41, 5.74) is 6.30. The molecule has 44 heavy (non-hydrogen) atoms. The first-order chi connectivity index (χ1) is 20.9. The van der Waals surface area contributed by atoms with E-state index in [4.69, 9.17) is 9.26 Å². The van der Waals surface area contributed by atoms with Gasteiger partial charge in [0.15, 0.2) is 5.82 Å². The molecule has 6 rings (SSSR count). The van der Waals surface area contributed by atoms with Gasteiger partial charge in [-0.25, -0.2) is 9.31 Å². The number of rotatable bonds is 10. The van der Waals surface area contributed by atoms with Crippen molar-refractivity contribution in [2.24, 2.45) is 0 Å². The van der Waals surface area contributed by atoms with Crippen molar-refractivity contribution in [2.75, 3.05) is 6.61 Å². The summed E-state index contributed by atoms with van der Waals surface area (Å²) in [5.74, 6) is -0.217. The molecular formula is C33H38KN5O5. The summed E-state index contributed by atoms with van der Waals surface area (Å²) in [6.45, 7) is 4.19. The summed E-state index contributed by atoms with van der Waals surface area (Å²) in [6.07, 6.45) is 6.92. The summed E-state index contributed by atoms with van der Waals surface area (Å²) < 4.78 is 14.5. The van der Waals surface area contributed by atoms with E-state index in [-0.39, 0.29) is 69.1 Å². The number of ether oxygens (including phenoxy) is 1. The number of benzene rings is 2. The van der Waals surface area contributed by atoms with Gasteiger partial charge in [-0.2, -0.15) is 5.10 Å². The Morgan fingerprint density at radius 2 is 1.77 bits per heavy atom. The average molecular weight is 624 g/mol. The molecule has 0 spiro atoms. The average Bonchev–Trinajstić information content (AvgIpc) is 3.68. The van der Waals surface area contributed by atoms with Crippen molar-refractivity contribution in [3.63, 3.8) is 0 Å². The zero-order valence-corrected chi connectivity index (χ0v) is 24.5. The van der Waals surface area contributed by atoms with Crippen LogP contribution in [0.15, 0.2) is 74.9 Å². The topological polar surface area (TPSA) is 128 Å². The van der Waals surface area contributed by atoms with E-state index in [0.717, 1.165) is 77.7 Å². The molecule has 2 N–H and O–H groups in total. The van der Waals surface area contributed by atoms with Crippen molar-refractivity contribution in [3.05, 3.63) is 98.5 Å². The second-order valence-corrected chi connectivity index (χ2v) is 11.4. The van der Waals surface area contributed by atoms with Crippen LogP contribution in [0.1, 0.15) is 68.8 Å². The molecule has 3 aromatic heterocycles. The van der Waals surface area contributed by atoms with Gasteiger partial charge in [-0.15, -0.1) is 0 Å². The molecule has 0 radical (unpaired) electrons. The van der Waals surface area contributed by atoms with Gasteiger partial charge in [0.1, 0.15) is 5.65 Å². The van der Waals surface area contributed by atoms with Crippen molar-refractivity contribution in [1.82, 2.24) is 24.3 Å². The molecule has 1 aliphatic carbocycles. The van der Waals surface area contributed by atoms with Crippen LogP contribution in [0, 0.1) is 0 Å². The van der Waals surface area contributed by atoms with Crippen LogP contribution < -0.4 is 11.3 Å². The molecule has 0 aliphatic heterocycles. The van der Waals surface area contributed by atoms with Gasteiger partial charge in [0, 0.05) is 29.7 Å². The van der Waals surface area contributed by atoms with Crippen LogP contribution in [0.3, 0.4) is 0 Å². The maximum absolute atomic E-state index is 14.3.